The van der Waals surface area contributed by atoms with Crippen LogP contribution in [0.1, 0.15) is 43.9 Å². The summed E-state index contributed by atoms with van der Waals surface area (Å²) >= 11 is 0.837. The summed E-state index contributed by atoms with van der Waals surface area (Å²) < 4.78 is 33.3. The van der Waals surface area contributed by atoms with E-state index in [1.807, 2.05) is 18.2 Å². The molecular formula is C17H22N4O4S2. The zero-order valence-electron chi connectivity index (χ0n) is 15.4. The Morgan fingerprint density at radius 3 is 2.81 bits per heavy atom. The number of amides is 1. The molecule has 2 aromatic rings. The van der Waals surface area contributed by atoms with Gasteiger partial charge in [-0.15, -0.1) is 10.2 Å². The Morgan fingerprint density at radius 1 is 1.33 bits per heavy atom. The lowest BCUT2D eigenvalue weighted by Gasteiger charge is -2.26. The van der Waals surface area contributed by atoms with Crippen LogP contribution >= 0.6 is 11.3 Å². The molecule has 1 aromatic carbocycles. The summed E-state index contributed by atoms with van der Waals surface area (Å²) in [5.41, 5.74) is 2.03. The smallest absolute Gasteiger partial charge is 0.270 e. The number of aryl methyl sites for hydroxylation is 1. The van der Waals surface area contributed by atoms with Crippen molar-refractivity contribution in [2.75, 3.05) is 12.4 Å². The van der Waals surface area contributed by atoms with Gasteiger partial charge in [0.2, 0.25) is 15.4 Å². The SMILES string of the molecule is COc1ccc2c(c1)CCC[C@@H]2NS(=O)(=O)c1nnc(NC(=O)C(C)C)s1. The van der Waals surface area contributed by atoms with E-state index in [2.05, 4.69) is 20.2 Å². The van der Waals surface area contributed by atoms with Crippen LogP contribution in [0.4, 0.5) is 5.13 Å². The second-order valence-corrected chi connectivity index (χ2v) is 9.51. The lowest BCUT2D eigenvalue weighted by atomic mass is 9.88. The van der Waals surface area contributed by atoms with Crippen molar-refractivity contribution in [2.24, 2.45) is 5.92 Å². The van der Waals surface area contributed by atoms with Gasteiger partial charge < -0.3 is 10.1 Å². The standard InChI is InChI=1S/C17H22N4O4S2/c1-10(2)15(22)18-16-19-20-17(26-16)27(23,24)21-14-6-4-5-11-9-12(25-3)7-8-13(11)14/h7-10,14,21H,4-6H2,1-3H3,(H,18,19,22)/t14-/m0/s1. The van der Waals surface area contributed by atoms with E-state index in [-0.39, 0.29) is 27.3 Å². The quantitative estimate of drug-likeness (QED) is 0.708. The maximum Gasteiger partial charge on any atom is 0.270 e. The Balaban J connectivity index is 1.78. The van der Waals surface area contributed by atoms with Gasteiger partial charge in [0.05, 0.1) is 7.11 Å². The van der Waals surface area contributed by atoms with Crippen molar-refractivity contribution >= 4 is 32.4 Å². The van der Waals surface area contributed by atoms with Crippen LogP contribution in [0.5, 0.6) is 5.75 Å². The highest BCUT2D eigenvalue weighted by atomic mass is 32.2. The first-order valence-corrected chi connectivity index (χ1v) is 10.9. The van der Waals surface area contributed by atoms with Crippen LogP contribution in [0, 0.1) is 5.92 Å². The molecule has 0 radical (unpaired) electrons. The van der Waals surface area contributed by atoms with E-state index in [9.17, 15) is 13.2 Å². The Hall–Kier alpha value is -2.04. The largest absolute Gasteiger partial charge is 0.497 e. The molecule has 3 rings (SSSR count). The van der Waals surface area contributed by atoms with E-state index < -0.39 is 10.0 Å². The van der Waals surface area contributed by atoms with Crippen molar-refractivity contribution in [2.45, 2.75) is 43.5 Å². The van der Waals surface area contributed by atoms with Crippen LogP contribution in [0.2, 0.25) is 0 Å². The van der Waals surface area contributed by atoms with Gasteiger partial charge in [0.25, 0.3) is 10.0 Å². The number of hydrogen-bond acceptors (Lipinski definition) is 7. The molecular weight excluding hydrogens is 388 g/mol. The number of carbonyl (C=O) groups excluding carboxylic acids is 1. The minimum absolute atomic E-state index is 0.165. The molecule has 1 amide bonds. The maximum absolute atomic E-state index is 12.7. The van der Waals surface area contributed by atoms with Crippen LogP contribution in [0.3, 0.4) is 0 Å². The number of anilines is 1. The second kappa shape index (κ2) is 7.91. The summed E-state index contributed by atoms with van der Waals surface area (Å²) in [6.07, 6.45) is 2.46. The molecule has 0 bridgehead atoms. The van der Waals surface area contributed by atoms with Crippen molar-refractivity contribution in [1.82, 2.24) is 14.9 Å². The van der Waals surface area contributed by atoms with Gasteiger partial charge in [0, 0.05) is 12.0 Å². The van der Waals surface area contributed by atoms with Gasteiger partial charge in [-0.3, -0.25) is 4.79 Å². The van der Waals surface area contributed by atoms with Gasteiger partial charge >= 0.3 is 0 Å². The van der Waals surface area contributed by atoms with Gasteiger partial charge in [-0.25, -0.2) is 13.1 Å². The highest BCUT2D eigenvalue weighted by Crippen LogP contribution is 2.33. The molecule has 0 fully saturated rings. The number of sulfonamides is 1. The molecule has 1 aliphatic rings. The minimum atomic E-state index is -3.84. The summed E-state index contributed by atoms with van der Waals surface area (Å²) in [5.74, 6) is 0.285. The van der Waals surface area contributed by atoms with Crippen molar-refractivity contribution in [3.05, 3.63) is 29.3 Å². The lowest BCUT2D eigenvalue weighted by Crippen LogP contribution is -2.31. The van der Waals surface area contributed by atoms with Gasteiger partial charge in [-0.2, -0.15) is 0 Å². The number of hydrogen-bond donors (Lipinski definition) is 2. The molecule has 1 aromatic heterocycles. The van der Waals surface area contributed by atoms with Crippen LogP contribution in [-0.2, 0) is 21.2 Å². The number of ether oxygens (including phenoxy) is 1. The molecule has 1 heterocycles. The van der Waals surface area contributed by atoms with Crippen LogP contribution in [0.15, 0.2) is 22.5 Å². The van der Waals surface area contributed by atoms with E-state index in [1.165, 1.54) is 0 Å². The third kappa shape index (κ3) is 4.45. The number of methoxy groups -OCH3 is 1. The number of benzene rings is 1. The fourth-order valence-electron chi connectivity index (χ4n) is 2.90. The van der Waals surface area contributed by atoms with E-state index in [1.54, 1.807) is 21.0 Å². The number of nitrogens with zero attached hydrogens (tertiary/aromatic N) is 2. The molecule has 27 heavy (non-hydrogen) atoms. The van der Waals surface area contributed by atoms with Gasteiger partial charge in [-0.05, 0) is 42.5 Å². The summed E-state index contributed by atoms with van der Waals surface area (Å²) in [6.45, 7) is 3.48. The number of nitrogens with one attached hydrogen (secondary N) is 2. The van der Waals surface area contributed by atoms with E-state index >= 15 is 0 Å². The third-order valence-electron chi connectivity index (χ3n) is 4.35. The van der Waals surface area contributed by atoms with Crippen molar-refractivity contribution < 1.29 is 17.9 Å². The van der Waals surface area contributed by atoms with Crippen LogP contribution in [0.25, 0.3) is 0 Å². The Morgan fingerprint density at radius 2 is 2.11 bits per heavy atom. The summed E-state index contributed by atoms with van der Waals surface area (Å²) in [6, 6.07) is 5.34. The highest BCUT2D eigenvalue weighted by Gasteiger charge is 2.28. The van der Waals surface area contributed by atoms with Gasteiger partial charge in [0.15, 0.2) is 0 Å². The molecule has 1 aliphatic carbocycles. The molecule has 0 unspecified atom stereocenters. The molecule has 0 aliphatic heterocycles. The summed E-state index contributed by atoms with van der Waals surface area (Å²) in [7, 11) is -2.23. The van der Waals surface area contributed by atoms with E-state index in [4.69, 9.17) is 4.74 Å². The molecule has 146 valence electrons. The van der Waals surface area contributed by atoms with Crippen molar-refractivity contribution in [3.63, 3.8) is 0 Å². The molecule has 0 spiro atoms. The fraction of sp³-hybridized carbons (Fsp3) is 0.471. The predicted octanol–water partition coefficient (Wildman–Crippen LogP) is 2.50. The Bertz CT molecular complexity index is 940. The lowest BCUT2D eigenvalue weighted by molar-refractivity contribution is -0.118. The zero-order chi connectivity index (χ0) is 19.6. The minimum Gasteiger partial charge on any atom is -0.497 e. The first-order chi connectivity index (χ1) is 12.8. The monoisotopic (exact) mass is 410 g/mol. The fourth-order valence-corrected chi connectivity index (χ4v) is 5.07. The van der Waals surface area contributed by atoms with E-state index in [0.717, 1.165) is 41.1 Å². The zero-order valence-corrected chi connectivity index (χ0v) is 17.0. The highest BCUT2D eigenvalue weighted by molar-refractivity contribution is 7.91. The summed E-state index contributed by atoms with van der Waals surface area (Å²) in [4.78, 5) is 11.7. The third-order valence-corrected chi connectivity index (χ3v) is 7.03. The van der Waals surface area contributed by atoms with Gasteiger partial charge in [-0.1, -0.05) is 31.3 Å². The molecule has 0 saturated heterocycles. The Kier molecular flexibility index (Phi) is 5.78. The normalized spacial score (nSPS) is 16.8. The Labute approximate surface area is 162 Å². The maximum atomic E-state index is 12.7. The average molecular weight is 411 g/mol. The number of fused-ring (bicyclic) bond motifs is 1. The molecule has 8 nitrogen and oxygen atoms in total. The van der Waals surface area contributed by atoms with Gasteiger partial charge in [0.1, 0.15) is 5.75 Å². The molecule has 2 N–H and O–H groups in total. The number of carbonyl (C=O) groups is 1. The average Bonchev–Trinajstić information content (AvgIpc) is 3.10. The second-order valence-electron chi connectivity index (χ2n) is 6.65. The molecule has 1 atom stereocenters. The van der Waals surface area contributed by atoms with E-state index in [0.29, 0.717) is 6.42 Å². The topological polar surface area (TPSA) is 110 Å². The first-order valence-electron chi connectivity index (χ1n) is 8.63. The van der Waals surface area contributed by atoms with Crippen LogP contribution in [-0.4, -0.2) is 31.6 Å². The van der Waals surface area contributed by atoms with Crippen molar-refractivity contribution in [3.8, 4) is 5.75 Å². The number of aromatic nitrogens is 2. The van der Waals surface area contributed by atoms with Crippen LogP contribution < -0.4 is 14.8 Å². The summed E-state index contributed by atoms with van der Waals surface area (Å²) in [5, 5.41) is 10.2. The molecule has 0 saturated carbocycles. The predicted molar refractivity (Wildman–Crippen MR) is 102 cm³/mol. The molecule has 10 heteroatoms. The first kappa shape index (κ1) is 19.7. The number of rotatable bonds is 6. The van der Waals surface area contributed by atoms with Crippen molar-refractivity contribution in [1.29, 1.82) is 0 Å².